The summed E-state index contributed by atoms with van der Waals surface area (Å²) in [4.78, 5) is 12.0. The highest BCUT2D eigenvalue weighted by atomic mass is 35.5. The molecular weight excluding hydrogens is 342 g/mol. The summed E-state index contributed by atoms with van der Waals surface area (Å²) in [7, 11) is 0. The number of carbonyl (C=O) groups is 1. The van der Waals surface area contributed by atoms with E-state index in [1.165, 1.54) is 25.7 Å². The molecule has 0 spiro atoms. The highest BCUT2D eigenvalue weighted by Gasteiger charge is 2.35. The Balaban J connectivity index is 0.00000225. The molecule has 1 aliphatic heterocycles. The van der Waals surface area contributed by atoms with Gasteiger partial charge in [0.1, 0.15) is 12.1 Å². The van der Waals surface area contributed by atoms with Gasteiger partial charge in [-0.3, -0.25) is 4.79 Å². The van der Waals surface area contributed by atoms with Gasteiger partial charge >= 0.3 is 5.97 Å². The van der Waals surface area contributed by atoms with Gasteiger partial charge in [0.05, 0.1) is 6.10 Å². The minimum atomic E-state index is -0.499. The van der Waals surface area contributed by atoms with Crippen LogP contribution in [-0.4, -0.2) is 44.0 Å². The van der Waals surface area contributed by atoms with Gasteiger partial charge in [0, 0.05) is 19.8 Å². The van der Waals surface area contributed by atoms with E-state index in [1.54, 1.807) is 0 Å². The minimum absolute atomic E-state index is 0. The Hall–Kier alpha value is -0.360. The highest BCUT2D eigenvalue weighted by Crippen LogP contribution is 2.33. The van der Waals surface area contributed by atoms with Crippen LogP contribution in [0, 0.1) is 17.8 Å². The lowest BCUT2D eigenvalue weighted by Crippen LogP contribution is -2.40. The maximum Gasteiger partial charge on any atom is 0.323 e. The number of carbonyl (C=O) groups excluding carboxylic acids is 1. The summed E-state index contributed by atoms with van der Waals surface area (Å²) in [5.41, 5.74) is 5.92. The minimum Gasteiger partial charge on any atom is -0.459 e. The van der Waals surface area contributed by atoms with Gasteiger partial charge in [-0.2, -0.15) is 0 Å². The molecule has 0 aromatic carbocycles. The third-order valence-electron chi connectivity index (χ3n) is 5.53. The molecular formula is C19H34ClNO4. The average molecular weight is 376 g/mol. The molecule has 5 nitrogen and oxygen atoms in total. The van der Waals surface area contributed by atoms with Gasteiger partial charge in [0.25, 0.3) is 0 Å². The number of nitrogens with two attached hydrogens (primary N) is 1. The summed E-state index contributed by atoms with van der Waals surface area (Å²) in [6, 6.07) is -0.499. The van der Waals surface area contributed by atoms with E-state index in [-0.39, 0.29) is 30.6 Å². The van der Waals surface area contributed by atoms with Gasteiger partial charge in [0.2, 0.25) is 0 Å². The molecule has 0 amide bonds. The molecule has 2 aliphatic carbocycles. The Morgan fingerprint density at radius 3 is 2.44 bits per heavy atom. The van der Waals surface area contributed by atoms with Crippen LogP contribution in [0.5, 0.6) is 0 Å². The van der Waals surface area contributed by atoms with Crippen molar-refractivity contribution in [3.05, 3.63) is 0 Å². The first-order chi connectivity index (χ1) is 11.6. The predicted molar refractivity (Wildman–Crippen MR) is 98.7 cm³/mol. The lowest BCUT2D eigenvalue weighted by Gasteiger charge is -2.31. The van der Waals surface area contributed by atoms with Crippen LogP contribution in [0.1, 0.15) is 58.3 Å². The fourth-order valence-corrected chi connectivity index (χ4v) is 3.48. The Morgan fingerprint density at radius 2 is 1.76 bits per heavy atom. The van der Waals surface area contributed by atoms with Crippen molar-refractivity contribution in [3.63, 3.8) is 0 Å². The average Bonchev–Trinajstić information content (AvgIpc) is 3.44. The van der Waals surface area contributed by atoms with Gasteiger partial charge in [-0.05, 0) is 69.6 Å². The van der Waals surface area contributed by atoms with Crippen LogP contribution in [0.25, 0.3) is 0 Å². The monoisotopic (exact) mass is 375 g/mol. The molecule has 3 rings (SSSR count). The second kappa shape index (κ2) is 10.1. The van der Waals surface area contributed by atoms with Crippen LogP contribution in [-0.2, 0) is 19.0 Å². The van der Waals surface area contributed by atoms with Crippen LogP contribution in [0.15, 0.2) is 0 Å². The summed E-state index contributed by atoms with van der Waals surface area (Å²) >= 11 is 0. The standard InChI is InChI=1S/C19H33NO4.ClH/c1-13-18(23-12-15-7-8-15)16(9-10-22-11-14-5-6-14)3-2-4-17(20)19(21)24-13;/h13-18H,2-12,20H2,1H3;1H/t13-,16+,17-,18-;/m0./s1. The van der Waals surface area contributed by atoms with Gasteiger partial charge in [-0.1, -0.05) is 6.42 Å². The molecule has 0 radical (unpaired) electrons. The van der Waals surface area contributed by atoms with Crippen molar-refractivity contribution < 1.29 is 19.0 Å². The Morgan fingerprint density at radius 1 is 1.08 bits per heavy atom. The fourth-order valence-electron chi connectivity index (χ4n) is 3.48. The molecule has 0 aromatic heterocycles. The van der Waals surface area contributed by atoms with Crippen molar-refractivity contribution in [1.29, 1.82) is 0 Å². The number of rotatable bonds is 8. The zero-order valence-corrected chi connectivity index (χ0v) is 16.2. The molecule has 4 atom stereocenters. The van der Waals surface area contributed by atoms with E-state index in [0.717, 1.165) is 45.0 Å². The van der Waals surface area contributed by atoms with Crippen molar-refractivity contribution >= 4 is 18.4 Å². The molecule has 1 saturated heterocycles. The maximum absolute atomic E-state index is 12.0. The number of esters is 1. The van der Waals surface area contributed by atoms with Crippen molar-refractivity contribution in [1.82, 2.24) is 0 Å². The van der Waals surface area contributed by atoms with Crippen LogP contribution in [0.3, 0.4) is 0 Å². The number of halogens is 1. The summed E-state index contributed by atoms with van der Waals surface area (Å²) in [6.45, 7) is 4.41. The van der Waals surface area contributed by atoms with Crippen molar-refractivity contribution in [3.8, 4) is 0 Å². The lowest BCUT2D eigenvalue weighted by atomic mass is 9.89. The van der Waals surface area contributed by atoms with Crippen molar-refractivity contribution in [2.75, 3.05) is 19.8 Å². The van der Waals surface area contributed by atoms with Crippen LogP contribution < -0.4 is 5.73 Å². The Kier molecular flexibility index (Phi) is 8.46. The van der Waals surface area contributed by atoms with E-state index >= 15 is 0 Å². The topological polar surface area (TPSA) is 70.8 Å². The molecule has 0 bridgehead atoms. The molecule has 25 heavy (non-hydrogen) atoms. The van der Waals surface area contributed by atoms with Crippen LogP contribution in [0.4, 0.5) is 0 Å². The first kappa shape index (κ1) is 20.9. The van der Waals surface area contributed by atoms with E-state index in [9.17, 15) is 4.79 Å². The normalized spacial score (nSPS) is 33.6. The van der Waals surface area contributed by atoms with E-state index in [4.69, 9.17) is 19.9 Å². The van der Waals surface area contributed by atoms with Gasteiger partial charge in [-0.25, -0.2) is 0 Å². The molecule has 2 saturated carbocycles. The number of hydrogen-bond acceptors (Lipinski definition) is 5. The molecule has 3 aliphatic rings. The lowest BCUT2D eigenvalue weighted by molar-refractivity contribution is -0.160. The van der Waals surface area contributed by atoms with Crippen LogP contribution in [0.2, 0.25) is 0 Å². The predicted octanol–water partition coefficient (Wildman–Crippen LogP) is 3.08. The highest BCUT2D eigenvalue weighted by molar-refractivity contribution is 5.85. The summed E-state index contributed by atoms with van der Waals surface area (Å²) in [5.74, 6) is 1.59. The Labute approximate surface area is 157 Å². The smallest absolute Gasteiger partial charge is 0.323 e. The molecule has 1 heterocycles. The second-order valence-electron chi connectivity index (χ2n) is 7.99. The third-order valence-corrected chi connectivity index (χ3v) is 5.53. The molecule has 2 N–H and O–H groups in total. The first-order valence-corrected chi connectivity index (χ1v) is 9.79. The number of ether oxygens (including phenoxy) is 3. The molecule has 6 heteroatoms. The zero-order valence-electron chi connectivity index (χ0n) is 15.4. The van der Waals surface area contributed by atoms with E-state index in [2.05, 4.69) is 0 Å². The van der Waals surface area contributed by atoms with Crippen molar-refractivity contribution in [2.45, 2.75) is 76.5 Å². The van der Waals surface area contributed by atoms with Gasteiger partial charge in [0.15, 0.2) is 0 Å². The SMILES string of the molecule is C[C@@H]1OC(=O)[C@@H](N)CCC[C@H](CCOCC2CC2)[C@H]1OCC1CC1.Cl. The first-order valence-electron chi connectivity index (χ1n) is 9.79. The van der Waals surface area contributed by atoms with Gasteiger partial charge < -0.3 is 19.9 Å². The Bertz CT molecular complexity index is 414. The summed E-state index contributed by atoms with van der Waals surface area (Å²) in [6.07, 6.45) is 8.53. The molecule has 0 aromatic rings. The maximum atomic E-state index is 12.0. The van der Waals surface area contributed by atoms with Gasteiger partial charge in [-0.15, -0.1) is 12.4 Å². The molecule has 3 fully saturated rings. The third kappa shape index (κ3) is 7.05. The molecule has 146 valence electrons. The zero-order chi connectivity index (χ0) is 16.9. The quantitative estimate of drug-likeness (QED) is 0.521. The van der Waals surface area contributed by atoms with Crippen LogP contribution >= 0.6 is 12.4 Å². The second-order valence-corrected chi connectivity index (χ2v) is 7.99. The summed E-state index contributed by atoms with van der Waals surface area (Å²) < 4.78 is 17.7. The summed E-state index contributed by atoms with van der Waals surface area (Å²) in [5, 5.41) is 0. The number of hydrogen-bond donors (Lipinski definition) is 1. The van der Waals surface area contributed by atoms with E-state index in [1.807, 2.05) is 6.92 Å². The van der Waals surface area contributed by atoms with E-state index in [0.29, 0.717) is 18.3 Å². The van der Waals surface area contributed by atoms with E-state index < -0.39 is 6.04 Å². The number of cyclic esters (lactones) is 1. The molecule has 0 unspecified atom stereocenters. The van der Waals surface area contributed by atoms with Crippen molar-refractivity contribution in [2.24, 2.45) is 23.5 Å². The largest absolute Gasteiger partial charge is 0.459 e. The fraction of sp³-hybridized carbons (Fsp3) is 0.947.